The van der Waals surface area contributed by atoms with Crippen molar-refractivity contribution in [1.29, 1.82) is 0 Å². The lowest BCUT2D eigenvalue weighted by atomic mass is 9.88. The average molecular weight is 472 g/mol. The molecule has 2 bridgehead atoms. The van der Waals surface area contributed by atoms with Gasteiger partial charge in [-0.05, 0) is 42.9 Å². The first-order valence-electron chi connectivity index (χ1n) is 9.59. The molecule has 4 rings (SSSR count). The van der Waals surface area contributed by atoms with Crippen LogP contribution in [0.15, 0.2) is 35.2 Å². The Hall–Kier alpha value is -2.39. The monoisotopic (exact) mass is 471 g/mol. The first kappa shape index (κ1) is 21.8. The summed E-state index contributed by atoms with van der Waals surface area (Å²) < 4.78 is 66.6. The van der Waals surface area contributed by atoms with Gasteiger partial charge in [0.25, 0.3) is 5.91 Å². The number of ketones is 1. The fourth-order valence-corrected chi connectivity index (χ4v) is 7.44. The molecule has 2 aromatic rings. The summed E-state index contributed by atoms with van der Waals surface area (Å²) in [6.07, 6.45) is 1.69. The fourth-order valence-electron chi connectivity index (χ4n) is 4.59. The van der Waals surface area contributed by atoms with E-state index in [1.54, 1.807) is 0 Å². The molecule has 2 fully saturated rings. The number of sulfone groups is 1. The molecule has 31 heavy (non-hydrogen) atoms. The lowest BCUT2D eigenvalue weighted by Crippen LogP contribution is -2.37. The Labute approximate surface area is 181 Å². The Bertz CT molecular complexity index is 1160. The van der Waals surface area contributed by atoms with Gasteiger partial charge in [-0.15, -0.1) is 0 Å². The maximum Gasteiger partial charge on any atom is 0.255 e. The van der Waals surface area contributed by atoms with Crippen LogP contribution >= 0.6 is 11.6 Å². The van der Waals surface area contributed by atoms with Crippen molar-refractivity contribution in [1.82, 2.24) is 0 Å². The molecule has 164 valence electrons. The Kier molecular flexibility index (Phi) is 5.59. The number of hydrogen-bond donors (Lipinski definition) is 1. The molecule has 2 saturated carbocycles. The number of carbonyl (C=O) groups excluding carboxylic acids is 2. The number of halogens is 4. The van der Waals surface area contributed by atoms with Crippen molar-refractivity contribution in [3.05, 3.63) is 58.4 Å². The van der Waals surface area contributed by atoms with Crippen LogP contribution in [0.3, 0.4) is 0 Å². The minimum Gasteiger partial charge on any atom is -0.322 e. The molecule has 2 aromatic carbocycles. The normalized spacial score (nSPS) is 23.1. The molecule has 3 atom stereocenters. The van der Waals surface area contributed by atoms with Gasteiger partial charge in [-0.3, -0.25) is 9.59 Å². The lowest BCUT2D eigenvalue weighted by Gasteiger charge is -2.29. The van der Waals surface area contributed by atoms with E-state index in [0.717, 1.165) is 6.07 Å². The van der Waals surface area contributed by atoms with Crippen molar-refractivity contribution in [3.63, 3.8) is 0 Å². The van der Waals surface area contributed by atoms with Crippen LogP contribution in [0, 0.1) is 29.3 Å². The van der Waals surface area contributed by atoms with Gasteiger partial charge in [0, 0.05) is 36.2 Å². The van der Waals surface area contributed by atoms with Crippen LogP contribution in [0.5, 0.6) is 0 Å². The highest BCUT2D eigenvalue weighted by molar-refractivity contribution is 7.92. The SMILES string of the molecule is O=C1CC2CC[C@@H](C1)[C@H]2S(=O)(=O)c1cc(C(=O)Nc2cc(F)c(F)c(F)c2)ccc1Cl. The Balaban J connectivity index is 1.64. The summed E-state index contributed by atoms with van der Waals surface area (Å²) >= 11 is 6.15. The molecule has 1 amide bonds. The number of fused-ring (bicyclic) bond motifs is 2. The van der Waals surface area contributed by atoms with Gasteiger partial charge in [-0.25, -0.2) is 21.6 Å². The molecule has 2 aliphatic rings. The van der Waals surface area contributed by atoms with E-state index in [1.807, 2.05) is 0 Å². The summed E-state index contributed by atoms with van der Waals surface area (Å²) in [5.74, 6) is -5.98. The molecular formula is C21H17ClF3NO4S. The average Bonchev–Trinajstić information content (AvgIpc) is 2.99. The maximum atomic E-state index is 13.4. The summed E-state index contributed by atoms with van der Waals surface area (Å²) in [7, 11) is -3.93. The minimum atomic E-state index is -3.93. The first-order chi connectivity index (χ1) is 14.6. The van der Waals surface area contributed by atoms with E-state index in [-0.39, 0.29) is 51.6 Å². The van der Waals surface area contributed by atoms with Crippen LogP contribution in [0.2, 0.25) is 5.02 Å². The Morgan fingerprint density at radius 3 is 2.16 bits per heavy atom. The molecule has 10 heteroatoms. The van der Waals surface area contributed by atoms with Crippen molar-refractivity contribution in [3.8, 4) is 0 Å². The van der Waals surface area contributed by atoms with Crippen molar-refractivity contribution in [2.24, 2.45) is 11.8 Å². The van der Waals surface area contributed by atoms with E-state index in [1.165, 1.54) is 12.1 Å². The second kappa shape index (κ2) is 7.94. The summed E-state index contributed by atoms with van der Waals surface area (Å²) in [6, 6.07) is 4.86. The molecule has 0 saturated heterocycles. The second-order valence-corrected chi connectivity index (χ2v) is 10.4. The highest BCUT2D eigenvalue weighted by Crippen LogP contribution is 2.47. The summed E-state index contributed by atoms with van der Waals surface area (Å²) in [6.45, 7) is 0. The first-order valence-corrected chi connectivity index (χ1v) is 11.5. The van der Waals surface area contributed by atoms with Crippen LogP contribution in [0.1, 0.15) is 36.0 Å². The molecule has 1 N–H and O–H groups in total. The number of nitrogens with one attached hydrogen (secondary N) is 1. The zero-order valence-corrected chi connectivity index (χ0v) is 17.6. The van der Waals surface area contributed by atoms with Crippen molar-refractivity contribution < 1.29 is 31.2 Å². The molecule has 0 aliphatic heterocycles. The van der Waals surface area contributed by atoms with Crippen LogP contribution in [-0.2, 0) is 14.6 Å². The third-order valence-electron chi connectivity index (χ3n) is 5.92. The number of anilines is 1. The second-order valence-electron chi connectivity index (χ2n) is 7.91. The number of hydrogen-bond acceptors (Lipinski definition) is 4. The Morgan fingerprint density at radius 2 is 1.58 bits per heavy atom. The molecule has 2 aliphatic carbocycles. The van der Waals surface area contributed by atoms with E-state index < -0.39 is 38.4 Å². The summed E-state index contributed by atoms with van der Waals surface area (Å²) in [5, 5.41) is 1.40. The fraction of sp³-hybridized carbons (Fsp3) is 0.333. The van der Waals surface area contributed by atoms with E-state index >= 15 is 0 Å². The Morgan fingerprint density at radius 1 is 1.00 bits per heavy atom. The van der Waals surface area contributed by atoms with Crippen molar-refractivity contribution >= 4 is 38.8 Å². The quantitative estimate of drug-likeness (QED) is 0.664. The highest BCUT2D eigenvalue weighted by Gasteiger charge is 2.49. The maximum absolute atomic E-state index is 13.4. The van der Waals surface area contributed by atoms with Gasteiger partial charge in [-0.1, -0.05) is 11.6 Å². The van der Waals surface area contributed by atoms with Gasteiger partial charge < -0.3 is 5.32 Å². The minimum absolute atomic E-state index is 0.0527. The predicted octanol–water partition coefficient (Wildman–Crippen LogP) is 4.54. The van der Waals surface area contributed by atoms with E-state index in [0.29, 0.717) is 25.0 Å². The molecule has 0 heterocycles. The molecule has 0 aromatic heterocycles. The van der Waals surface area contributed by atoms with Crippen molar-refractivity contribution in [2.75, 3.05) is 5.32 Å². The van der Waals surface area contributed by atoms with Crippen LogP contribution in [-0.4, -0.2) is 25.4 Å². The van der Waals surface area contributed by atoms with Gasteiger partial charge in [0.05, 0.1) is 15.2 Å². The molecule has 5 nitrogen and oxygen atoms in total. The van der Waals surface area contributed by atoms with Gasteiger partial charge in [0.1, 0.15) is 5.78 Å². The highest BCUT2D eigenvalue weighted by atomic mass is 35.5. The third-order valence-corrected chi connectivity index (χ3v) is 8.80. The van der Waals surface area contributed by atoms with Gasteiger partial charge in [0.15, 0.2) is 27.3 Å². The molecule has 0 radical (unpaired) electrons. The number of benzene rings is 2. The van der Waals surface area contributed by atoms with E-state index in [2.05, 4.69) is 5.32 Å². The molecule has 1 unspecified atom stereocenters. The van der Waals surface area contributed by atoms with Crippen LogP contribution < -0.4 is 5.32 Å². The predicted molar refractivity (Wildman–Crippen MR) is 107 cm³/mol. The molecular weight excluding hydrogens is 455 g/mol. The zero-order chi connectivity index (χ0) is 22.5. The van der Waals surface area contributed by atoms with E-state index in [4.69, 9.17) is 11.6 Å². The smallest absolute Gasteiger partial charge is 0.255 e. The van der Waals surface area contributed by atoms with Gasteiger partial charge >= 0.3 is 0 Å². The van der Waals surface area contributed by atoms with Gasteiger partial charge in [0.2, 0.25) is 0 Å². The van der Waals surface area contributed by atoms with Gasteiger partial charge in [-0.2, -0.15) is 0 Å². The standard InChI is InChI=1S/C21H17ClF3NO4S/c22-15-4-3-12(21(28)26-13-8-16(23)19(25)17(24)9-13)7-18(15)31(29,30)20-10-1-2-11(20)6-14(27)5-10/h3-4,7-11,20H,1-2,5-6H2,(H,26,28)/t10-,11?,20+/m0/s1. The summed E-state index contributed by atoms with van der Waals surface area (Å²) in [4.78, 5) is 24.1. The lowest BCUT2D eigenvalue weighted by molar-refractivity contribution is -0.121. The number of Topliss-reactive ketones (excluding diaryl/α,β-unsaturated/α-hetero) is 1. The largest absolute Gasteiger partial charge is 0.322 e. The topological polar surface area (TPSA) is 80.3 Å². The van der Waals surface area contributed by atoms with Crippen LogP contribution in [0.4, 0.5) is 18.9 Å². The van der Waals surface area contributed by atoms with Crippen molar-refractivity contribution in [2.45, 2.75) is 35.8 Å². The zero-order valence-electron chi connectivity index (χ0n) is 16.0. The van der Waals surface area contributed by atoms with E-state index in [9.17, 15) is 31.2 Å². The third kappa shape index (κ3) is 3.96. The number of rotatable bonds is 4. The summed E-state index contributed by atoms with van der Waals surface area (Å²) in [5.41, 5.74) is -0.433. The van der Waals surface area contributed by atoms with Crippen LogP contribution in [0.25, 0.3) is 0 Å². The number of carbonyl (C=O) groups is 2. The number of amides is 1. The molecule has 0 spiro atoms.